The average molecular weight is 378 g/mol. The van der Waals surface area contributed by atoms with Crippen LogP contribution in [0.3, 0.4) is 0 Å². The topological polar surface area (TPSA) is 84.0 Å². The van der Waals surface area contributed by atoms with Crippen molar-refractivity contribution in [2.75, 3.05) is 18.2 Å². The van der Waals surface area contributed by atoms with Crippen molar-refractivity contribution in [3.05, 3.63) is 65.2 Å². The number of rotatable bonds is 4. The first kappa shape index (κ1) is 17.9. The molecule has 142 valence electrons. The van der Waals surface area contributed by atoms with Crippen LogP contribution in [0, 0.1) is 12.8 Å². The zero-order valence-corrected chi connectivity index (χ0v) is 15.3. The normalized spacial score (nSPS) is 18.6. The summed E-state index contributed by atoms with van der Waals surface area (Å²) < 4.78 is 5.21. The van der Waals surface area contributed by atoms with Crippen molar-refractivity contribution >= 4 is 29.4 Å². The Morgan fingerprint density at radius 2 is 1.61 bits per heavy atom. The van der Waals surface area contributed by atoms with Gasteiger partial charge in [0, 0.05) is 18.7 Å². The molecule has 7 heteroatoms. The van der Waals surface area contributed by atoms with Crippen molar-refractivity contribution in [3.8, 4) is 0 Å². The monoisotopic (exact) mass is 378 g/mol. The number of carbonyl (C=O) groups is 4. The molecular formula is C21H18N2O5. The fraction of sp³-hybridized carbons (Fsp3) is 0.238. The second-order valence-electron chi connectivity index (χ2n) is 6.87. The largest absolute Gasteiger partial charge is 0.443 e. The summed E-state index contributed by atoms with van der Waals surface area (Å²) in [6.45, 7) is 1.65. The van der Waals surface area contributed by atoms with Gasteiger partial charge in [0.25, 0.3) is 11.8 Å². The first-order valence-corrected chi connectivity index (χ1v) is 8.95. The van der Waals surface area contributed by atoms with E-state index in [2.05, 4.69) is 0 Å². The Labute approximate surface area is 161 Å². The predicted octanol–water partition coefficient (Wildman–Crippen LogP) is 2.14. The van der Waals surface area contributed by atoms with Crippen molar-refractivity contribution in [2.45, 2.75) is 13.3 Å². The molecule has 1 saturated heterocycles. The van der Waals surface area contributed by atoms with Gasteiger partial charge in [0.1, 0.15) is 0 Å². The van der Waals surface area contributed by atoms with E-state index in [1.54, 1.807) is 29.2 Å². The molecule has 2 aromatic rings. The third-order valence-electron chi connectivity index (χ3n) is 5.08. The lowest BCUT2D eigenvalue weighted by atomic mass is 10.1. The summed E-state index contributed by atoms with van der Waals surface area (Å²) in [7, 11) is 0. The van der Waals surface area contributed by atoms with Crippen LogP contribution in [-0.2, 0) is 14.3 Å². The van der Waals surface area contributed by atoms with Crippen LogP contribution in [0.15, 0.2) is 48.5 Å². The van der Waals surface area contributed by atoms with Crippen molar-refractivity contribution in [3.63, 3.8) is 0 Å². The molecule has 1 atom stereocenters. The van der Waals surface area contributed by atoms with E-state index in [4.69, 9.17) is 4.74 Å². The van der Waals surface area contributed by atoms with E-state index in [-0.39, 0.29) is 18.9 Å². The Kier molecular flexibility index (Phi) is 4.43. The highest BCUT2D eigenvalue weighted by Crippen LogP contribution is 2.28. The van der Waals surface area contributed by atoms with Crippen LogP contribution in [-0.4, -0.2) is 41.9 Å². The van der Waals surface area contributed by atoms with Gasteiger partial charge in [-0.05, 0) is 30.7 Å². The number of carbonyl (C=O) groups excluding carboxylic acids is 4. The number of benzene rings is 2. The third kappa shape index (κ3) is 2.94. The molecule has 0 radical (unpaired) electrons. The SMILES string of the molecule is Cc1ccccc1N1C[C@H](C(=O)OCN2C(=O)c3ccccc3C2=O)CC1=O. The Bertz CT molecular complexity index is 965. The number of anilines is 1. The summed E-state index contributed by atoms with van der Waals surface area (Å²) >= 11 is 0. The van der Waals surface area contributed by atoms with Gasteiger partial charge in [-0.2, -0.15) is 0 Å². The van der Waals surface area contributed by atoms with E-state index in [9.17, 15) is 19.2 Å². The summed E-state index contributed by atoms with van der Waals surface area (Å²) in [4.78, 5) is 51.9. The third-order valence-corrected chi connectivity index (χ3v) is 5.08. The van der Waals surface area contributed by atoms with Crippen molar-refractivity contribution < 1.29 is 23.9 Å². The predicted molar refractivity (Wildman–Crippen MR) is 99.5 cm³/mol. The van der Waals surface area contributed by atoms with Crippen LogP contribution in [0.2, 0.25) is 0 Å². The highest BCUT2D eigenvalue weighted by Gasteiger charge is 2.39. The Balaban J connectivity index is 1.40. The van der Waals surface area contributed by atoms with E-state index in [1.807, 2.05) is 31.2 Å². The fourth-order valence-corrected chi connectivity index (χ4v) is 3.57. The second-order valence-corrected chi connectivity index (χ2v) is 6.87. The maximum Gasteiger partial charge on any atom is 0.313 e. The number of amides is 3. The van der Waals surface area contributed by atoms with Crippen molar-refractivity contribution in [1.82, 2.24) is 4.90 Å². The lowest BCUT2D eigenvalue weighted by Gasteiger charge is -2.19. The Morgan fingerprint density at radius 1 is 1.00 bits per heavy atom. The van der Waals surface area contributed by atoms with E-state index >= 15 is 0 Å². The van der Waals surface area contributed by atoms with Crippen LogP contribution < -0.4 is 4.90 Å². The molecule has 0 N–H and O–H groups in total. The van der Waals surface area contributed by atoms with Crippen LogP contribution in [0.4, 0.5) is 5.69 Å². The highest BCUT2D eigenvalue weighted by atomic mass is 16.5. The number of hydrogen-bond acceptors (Lipinski definition) is 5. The van der Waals surface area contributed by atoms with E-state index in [1.165, 1.54) is 0 Å². The molecule has 3 amide bonds. The first-order chi connectivity index (χ1) is 13.5. The zero-order chi connectivity index (χ0) is 19.8. The number of aryl methyl sites for hydroxylation is 1. The summed E-state index contributed by atoms with van der Waals surface area (Å²) in [5, 5.41) is 0. The molecule has 0 bridgehead atoms. The molecule has 2 aliphatic heterocycles. The highest BCUT2D eigenvalue weighted by molar-refractivity contribution is 6.21. The van der Waals surface area contributed by atoms with Gasteiger partial charge >= 0.3 is 5.97 Å². The first-order valence-electron chi connectivity index (χ1n) is 8.95. The summed E-state index contributed by atoms with van der Waals surface area (Å²) in [5.74, 6) is -2.37. The second kappa shape index (κ2) is 6.92. The summed E-state index contributed by atoms with van der Waals surface area (Å²) in [6.07, 6.45) is 0.0370. The number of ether oxygens (including phenoxy) is 1. The van der Waals surface area contributed by atoms with E-state index < -0.39 is 30.4 Å². The van der Waals surface area contributed by atoms with Gasteiger partial charge in [0.2, 0.25) is 5.91 Å². The molecule has 2 aromatic carbocycles. The minimum atomic E-state index is -0.637. The molecule has 0 saturated carbocycles. The standard InChI is InChI=1S/C21H18N2O5/c1-13-6-2-5-9-17(13)22-11-14(10-18(22)24)21(27)28-12-23-19(25)15-7-3-4-8-16(15)20(23)26/h2-9,14H,10-12H2,1H3/t14-/m1/s1. The van der Waals surface area contributed by atoms with Crippen LogP contribution in [0.1, 0.15) is 32.7 Å². The van der Waals surface area contributed by atoms with E-state index in [0.29, 0.717) is 11.1 Å². The van der Waals surface area contributed by atoms with Crippen LogP contribution in [0.5, 0.6) is 0 Å². The molecule has 0 aromatic heterocycles. The number of nitrogens with zero attached hydrogens (tertiary/aromatic N) is 2. The van der Waals surface area contributed by atoms with Gasteiger partial charge in [0.15, 0.2) is 6.73 Å². The van der Waals surface area contributed by atoms with Gasteiger partial charge in [-0.1, -0.05) is 30.3 Å². The molecule has 28 heavy (non-hydrogen) atoms. The summed E-state index contributed by atoms with van der Waals surface area (Å²) in [6, 6.07) is 13.9. The summed E-state index contributed by atoms with van der Waals surface area (Å²) in [5.41, 5.74) is 2.30. The molecule has 0 spiro atoms. The number of fused-ring (bicyclic) bond motifs is 1. The number of esters is 1. The molecule has 2 aliphatic rings. The van der Waals surface area contributed by atoms with Gasteiger partial charge in [0.05, 0.1) is 17.0 Å². The Morgan fingerprint density at radius 3 is 2.25 bits per heavy atom. The lowest BCUT2D eigenvalue weighted by Crippen LogP contribution is -2.35. The minimum Gasteiger partial charge on any atom is -0.443 e. The molecule has 2 heterocycles. The maximum absolute atomic E-state index is 12.4. The lowest BCUT2D eigenvalue weighted by molar-refractivity contribution is -0.151. The number of para-hydroxylation sites is 1. The smallest absolute Gasteiger partial charge is 0.313 e. The van der Waals surface area contributed by atoms with Gasteiger partial charge in [-0.3, -0.25) is 19.2 Å². The zero-order valence-electron chi connectivity index (χ0n) is 15.3. The molecule has 1 fully saturated rings. The molecule has 7 nitrogen and oxygen atoms in total. The fourth-order valence-electron chi connectivity index (χ4n) is 3.57. The molecule has 0 unspecified atom stereocenters. The molecule has 0 aliphatic carbocycles. The Hall–Kier alpha value is -3.48. The average Bonchev–Trinajstić information content (AvgIpc) is 3.19. The van der Waals surface area contributed by atoms with Gasteiger partial charge in [-0.25, -0.2) is 4.90 Å². The van der Waals surface area contributed by atoms with E-state index in [0.717, 1.165) is 16.2 Å². The van der Waals surface area contributed by atoms with Crippen molar-refractivity contribution in [2.24, 2.45) is 5.92 Å². The van der Waals surface area contributed by atoms with Gasteiger partial charge in [-0.15, -0.1) is 0 Å². The van der Waals surface area contributed by atoms with Crippen molar-refractivity contribution in [1.29, 1.82) is 0 Å². The maximum atomic E-state index is 12.4. The quantitative estimate of drug-likeness (QED) is 0.601. The van der Waals surface area contributed by atoms with Gasteiger partial charge < -0.3 is 9.64 Å². The number of imide groups is 1. The minimum absolute atomic E-state index is 0.0370. The molecule has 4 rings (SSSR count). The number of hydrogen-bond donors (Lipinski definition) is 0. The van der Waals surface area contributed by atoms with Crippen LogP contribution in [0.25, 0.3) is 0 Å². The molecular weight excluding hydrogens is 360 g/mol. The van der Waals surface area contributed by atoms with Crippen LogP contribution >= 0.6 is 0 Å².